The number of aryl methyl sites for hydroxylation is 1. The maximum atomic E-state index is 5.71. The van der Waals surface area contributed by atoms with E-state index in [2.05, 4.69) is 11.9 Å². The van der Waals surface area contributed by atoms with E-state index in [-0.39, 0.29) is 0 Å². The zero-order valence-electron chi connectivity index (χ0n) is 12.1. The number of imidazole rings is 1. The molecule has 20 heavy (non-hydrogen) atoms. The smallest absolute Gasteiger partial charge is 0.182 e. The molecule has 4 nitrogen and oxygen atoms in total. The van der Waals surface area contributed by atoms with E-state index in [0.717, 1.165) is 29.3 Å². The molecule has 0 aliphatic heterocycles. The van der Waals surface area contributed by atoms with Gasteiger partial charge in [-0.1, -0.05) is 6.92 Å². The third-order valence-corrected chi connectivity index (χ3v) is 3.30. The molecule has 1 heterocycles. The average Bonchev–Trinajstić information content (AvgIpc) is 2.82. The Balaban J connectivity index is 2.59. The molecule has 1 aromatic heterocycles. The normalized spacial score (nSPS) is 10.6. The summed E-state index contributed by atoms with van der Waals surface area (Å²) in [5.41, 5.74) is 2.03. The van der Waals surface area contributed by atoms with Crippen molar-refractivity contribution in [2.45, 2.75) is 27.2 Å². The Morgan fingerprint density at radius 2 is 1.90 bits per heavy atom. The number of aromatic nitrogens is 2. The van der Waals surface area contributed by atoms with Gasteiger partial charge in [0, 0.05) is 18.0 Å². The van der Waals surface area contributed by atoms with Crippen LogP contribution in [0.1, 0.15) is 26.5 Å². The van der Waals surface area contributed by atoms with Crippen LogP contribution < -0.4 is 9.47 Å². The Hall–Kier alpha value is -1.75. The number of hydrogen-bond donors (Lipinski definition) is 1. The topological polar surface area (TPSA) is 39.2 Å². The van der Waals surface area contributed by atoms with Crippen LogP contribution in [0.5, 0.6) is 11.5 Å². The predicted octanol–water partition coefficient (Wildman–Crippen LogP) is 3.89. The molecule has 5 heteroatoms. The molecule has 0 saturated carbocycles. The summed E-state index contributed by atoms with van der Waals surface area (Å²) in [5, 5.41) is 0. The molecule has 0 atom stereocenters. The second-order valence-electron chi connectivity index (χ2n) is 4.27. The Kier molecular flexibility index (Phi) is 4.84. The first-order chi connectivity index (χ1) is 9.71. The highest BCUT2D eigenvalue weighted by Crippen LogP contribution is 2.29. The minimum Gasteiger partial charge on any atom is -0.494 e. The standard InChI is InChI=1S/C15H20N2O2S/c1-4-11-10-16-15(20)17(11)13-9-12(18-5-2)7-8-14(13)19-6-3/h7-10H,4-6H2,1-3H3,(H,16,20). The van der Waals surface area contributed by atoms with Crippen molar-refractivity contribution >= 4 is 12.2 Å². The van der Waals surface area contributed by atoms with Crippen molar-refractivity contribution in [1.82, 2.24) is 9.55 Å². The third kappa shape index (κ3) is 2.88. The molecule has 0 aliphatic carbocycles. The van der Waals surface area contributed by atoms with Crippen LogP contribution in [-0.2, 0) is 6.42 Å². The van der Waals surface area contributed by atoms with Gasteiger partial charge in [-0.25, -0.2) is 0 Å². The largest absolute Gasteiger partial charge is 0.494 e. The Labute approximate surface area is 124 Å². The van der Waals surface area contributed by atoms with Crippen molar-refractivity contribution < 1.29 is 9.47 Å². The summed E-state index contributed by atoms with van der Waals surface area (Å²) >= 11 is 5.38. The van der Waals surface area contributed by atoms with Gasteiger partial charge in [-0.3, -0.25) is 4.57 Å². The lowest BCUT2D eigenvalue weighted by Gasteiger charge is -2.15. The monoisotopic (exact) mass is 292 g/mol. The van der Waals surface area contributed by atoms with Crippen molar-refractivity contribution in [1.29, 1.82) is 0 Å². The van der Waals surface area contributed by atoms with Gasteiger partial charge in [0.15, 0.2) is 4.77 Å². The molecule has 108 valence electrons. The van der Waals surface area contributed by atoms with Crippen LogP contribution in [-0.4, -0.2) is 22.8 Å². The number of aromatic amines is 1. The van der Waals surface area contributed by atoms with Crippen molar-refractivity contribution in [3.05, 3.63) is 34.9 Å². The van der Waals surface area contributed by atoms with E-state index in [1.165, 1.54) is 0 Å². The van der Waals surface area contributed by atoms with Gasteiger partial charge in [-0.15, -0.1) is 0 Å². The number of H-pyrrole nitrogens is 1. The van der Waals surface area contributed by atoms with Crippen LogP contribution in [0.4, 0.5) is 0 Å². The zero-order valence-corrected chi connectivity index (χ0v) is 12.9. The summed E-state index contributed by atoms with van der Waals surface area (Å²) in [6.45, 7) is 7.28. The lowest BCUT2D eigenvalue weighted by Crippen LogP contribution is -2.04. The first-order valence-electron chi connectivity index (χ1n) is 6.90. The van der Waals surface area contributed by atoms with Crippen LogP contribution in [0, 0.1) is 4.77 Å². The Morgan fingerprint density at radius 3 is 2.55 bits per heavy atom. The molecule has 1 N–H and O–H groups in total. The van der Waals surface area contributed by atoms with Crippen molar-refractivity contribution in [3.8, 4) is 17.2 Å². The highest BCUT2D eigenvalue weighted by atomic mass is 32.1. The summed E-state index contributed by atoms with van der Waals surface area (Å²) < 4.78 is 14.0. The van der Waals surface area contributed by atoms with E-state index in [4.69, 9.17) is 21.7 Å². The van der Waals surface area contributed by atoms with Gasteiger partial charge >= 0.3 is 0 Å². The lowest BCUT2D eigenvalue weighted by atomic mass is 10.2. The number of rotatable bonds is 6. The third-order valence-electron chi connectivity index (χ3n) is 3.00. The van der Waals surface area contributed by atoms with E-state index in [1.807, 2.05) is 42.8 Å². The van der Waals surface area contributed by atoms with E-state index in [1.54, 1.807) is 0 Å². The molecule has 2 rings (SSSR count). The van der Waals surface area contributed by atoms with Crippen LogP contribution in [0.2, 0.25) is 0 Å². The van der Waals surface area contributed by atoms with Gasteiger partial charge in [0.25, 0.3) is 0 Å². The highest BCUT2D eigenvalue weighted by molar-refractivity contribution is 7.71. The summed E-state index contributed by atoms with van der Waals surface area (Å²) in [7, 11) is 0. The molecule has 0 saturated heterocycles. The second-order valence-corrected chi connectivity index (χ2v) is 4.66. The summed E-state index contributed by atoms with van der Waals surface area (Å²) in [6, 6.07) is 5.81. The maximum absolute atomic E-state index is 5.71. The molecule has 0 fully saturated rings. The van der Waals surface area contributed by atoms with E-state index in [9.17, 15) is 0 Å². The van der Waals surface area contributed by atoms with Crippen molar-refractivity contribution in [2.75, 3.05) is 13.2 Å². The number of nitrogens with zero attached hydrogens (tertiary/aromatic N) is 1. The predicted molar refractivity (Wildman–Crippen MR) is 82.7 cm³/mol. The second kappa shape index (κ2) is 6.61. The summed E-state index contributed by atoms with van der Waals surface area (Å²) in [6.07, 6.45) is 2.82. The van der Waals surface area contributed by atoms with E-state index < -0.39 is 0 Å². The number of ether oxygens (including phenoxy) is 2. The molecule has 2 aromatic rings. The molecular formula is C15H20N2O2S. The van der Waals surface area contributed by atoms with Gasteiger partial charge in [0.1, 0.15) is 11.5 Å². The van der Waals surface area contributed by atoms with Gasteiger partial charge < -0.3 is 14.5 Å². The van der Waals surface area contributed by atoms with Gasteiger partial charge in [0.2, 0.25) is 0 Å². The molecule has 0 radical (unpaired) electrons. The molecule has 0 unspecified atom stereocenters. The van der Waals surface area contributed by atoms with Crippen molar-refractivity contribution in [2.24, 2.45) is 0 Å². The fraction of sp³-hybridized carbons (Fsp3) is 0.400. The SMILES string of the molecule is CCOc1ccc(OCC)c(-n2c(CC)c[nH]c2=S)c1. The van der Waals surface area contributed by atoms with Crippen LogP contribution in [0.3, 0.4) is 0 Å². The number of nitrogens with one attached hydrogen (secondary N) is 1. The summed E-state index contributed by atoms with van der Waals surface area (Å²) in [4.78, 5) is 3.09. The first kappa shape index (κ1) is 14.7. The van der Waals surface area contributed by atoms with Crippen LogP contribution >= 0.6 is 12.2 Å². The lowest BCUT2D eigenvalue weighted by molar-refractivity contribution is 0.329. The first-order valence-corrected chi connectivity index (χ1v) is 7.31. The van der Waals surface area contributed by atoms with Crippen LogP contribution in [0.15, 0.2) is 24.4 Å². The van der Waals surface area contributed by atoms with Crippen LogP contribution in [0.25, 0.3) is 5.69 Å². The minimum atomic E-state index is 0.611. The van der Waals surface area contributed by atoms with Gasteiger partial charge in [0.05, 0.1) is 18.9 Å². The van der Waals surface area contributed by atoms with E-state index >= 15 is 0 Å². The van der Waals surface area contributed by atoms with Gasteiger partial charge in [-0.2, -0.15) is 0 Å². The average molecular weight is 292 g/mol. The molecule has 0 aliphatic rings. The molecule has 0 amide bonds. The number of benzene rings is 1. The van der Waals surface area contributed by atoms with Crippen molar-refractivity contribution in [3.63, 3.8) is 0 Å². The zero-order chi connectivity index (χ0) is 14.5. The fourth-order valence-corrected chi connectivity index (χ4v) is 2.41. The Bertz CT molecular complexity index is 631. The molecule has 1 aromatic carbocycles. The summed E-state index contributed by atoms with van der Waals surface area (Å²) in [5.74, 6) is 1.62. The highest BCUT2D eigenvalue weighted by Gasteiger charge is 2.12. The number of hydrogen-bond acceptors (Lipinski definition) is 3. The maximum Gasteiger partial charge on any atom is 0.182 e. The van der Waals surface area contributed by atoms with Gasteiger partial charge in [-0.05, 0) is 44.6 Å². The van der Waals surface area contributed by atoms with E-state index in [0.29, 0.717) is 18.0 Å². The quantitative estimate of drug-likeness (QED) is 0.821. The minimum absolute atomic E-state index is 0.611. The Morgan fingerprint density at radius 1 is 1.15 bits per heavy atom. The molecule has 0 spiro atoms. The molecule has 0 bridgehead atoms. The fourth-order valence-electron chi connectivity index (χ4n) is 2.13. The molecular weight excluding hydrogens is 272 g/mol.